The van der Waals surface area contributed by atoms with E-state index in [9.17, 15) is 4.79 Å². The minimum Gasteiger partial charge on any atom is -0.477 e. The van der Waals surface area contributed by atoms with E-state index in [0.29, 0.717) is 5.39 Å². The highest BCUT2D eigenvalue weighted by molar-refractivity contribution is 6.61. The van der Waals surface area contributed by atoms with Gasteiger partial charge in [0, 0.05) is 10.8 Å². The molecule has 1 aromatic carbocycles. The van der Waals surface area contributed by atoms with Gasteiger partial charge in [-0.2, -0.15) is 0 Å². The lowest BCUT2D eigenvalue weighted by Gasteiger charge is -1.99. The van der Waals surface area contributed by atoms with Gasteiger partial charge in [-0.05, 0) is 0 Å². The van der Waals surface area contributed by atoms with E-state index in [-0.39, 0.29) is 15.8 Å². The molecule has 0 spiro atoms. The lowest BCUT2D eigenvalue weighted by molar-refractivity contribution is -0.130. The van der Waals surface area contributed by atoms with Crippen LogP contribution in [0.25, 0.3) is 16.3 Å². The maximum Gasteiger partial charge on any atom is 0.342 e. The topological polar surface area (TPSA) is 50.4 Å². The lowest BCUT2D eigenvalue weighted by Crippen LogP contribution is -1.99. The number of hydrogen-bond donors (Lipinski definition) is 1. The van der Waals surface area contributed by atoms with Gasteiger partial charge in [0.25, 0.3) is 0 Å². The molecule has 0 saturated carbocycles. The van der Waals surface area contributed by atoms with Crippen molar-refractivity contribution in [3.8, 4) is 0 Å². The third-order valence-corrected chi connectivity index (χ3v) is 2.52. The van der Waals surface area contributed by atoms with Crippen molar-refractivity contribution in [2.45, 2.75) is 0 Å². The second-order valence-corrected chi connectivity index (χ2v) is 4.04. The largest absolute Gasteiger partial charge is 0.477 e. The highest BCUT2D eigenvalue weighted by atomic mass is 35.5. The van der Waals surface area contributed by atoms with Crippen molar-refractivity contribution >= 4 is 45.5 Å². The van der Waals surface area contributed by atoms with Gasteiger partial charge in [-0.1, -0.05) is 47.5 Å². The van der Waals surface area contributed by atoms with Crippen LogP contribution in [0.15, 0.2) is 39.4 Å². The van der Waals surface area contributed by atoms with E-state index < -0.39 is 5.97 Å². The molecule has 16 heavy (non-hydrogen) atoms. The van der Waals surface area contributed by atoms with Crippen molar-refractivity contribution in [2.24, 2.45) is 0 Å². The molecular formula is C11H6Cl2O3. The molecule has 0 radical (unpaired) electrons. The predicted molar refractivity (Wildman–Crippen MR) is 62.5 cm³/mol. The quantitative estimate of drug-likeness (QED) is 0.835. The van der Waals surface area contributed by atoms with Crippen LogP contribution in [0.5, 0.6) is 0 Å². The summed E-state index contributed by atoms with van der Waals surface area (Å²) in [6.07, 6.45) is 1.46. The van der Waals surface area contributed by atoms with E-state index in [4.69, 9.17) is 32.7 Å². The smallest absolute Gasteiger partial charge is 0.342 e. The third-order valence-electron chi connectivity index (χ3n) is 2.14. The van der Waals surface area contributed by atoms with E-state index >= 15 is 0 Å². The Bertz CT molecular complexity index is 580. The van der Waals surface area contributed by atoms with Gasteiger partial charge >= 0.3 is 5.97 Å². The summed E-state index contributed by atoms with van der Waals surface area (Å²) in [6.45, 7) is 0. The fourth-order valence-electron chi connectivity index (χ4n) is 1.45. The van der Waals surface area contributed by atoms with Crippen LogP contribution in [0, 0.1) is 0 Å². The molecule has 0 atom stereocenters. The lowest BCUT2D eigenvalue weighted by atomic mass is 10.1. The third kappa shape index (κ3) is 1.79. The van der Waals surface area contributed by atoms with Crippen LogP contribution in [-0.4, -0.2) is 11.1 Å². The Morgan fingerprint density at radius 2 is 1.94 bits per heavy atom. The normalized spacial score (nSPS) is 10.4. The molecule has 0 unspecified atom stereocenters. The minimum absolute atomic E-state index is 0.170. The molecule has 1 heterocycles. The van der Waals surface area contributed by atoms with Gasteiger partial charge in [-0.15, -0.1) is 0 Å². The molecule has 2 rings (SSSR count). The molecule has 2 aromatic rings. The molecule has 0 aliphatic rings. The average Bonchev–Trinajstić information content (AvgIpc) is 2.61. The molecule has 5 heteroatoms. The molecule has 1 N–H and O–H groups in total. The Labute approximate surface area is 101 Å². The van der Waals surface area contributed by atoms with Gasteiger partial charge in [-0.25, -0.2) is 4.79 Å². The van der Waals surface area contributed by atoms with Crippen molar-refractivity contribution < 1.29 is 14.3 Å². The number of furan rings is 1. The summed E-state index contributed by atoms with van der Waals surface area (Å²) in [4.78, 5) is 11.0. The standard InChI is InChI=1S/C11H6Cl2O3/c12-10(13)8(11(14)15)9-7-4-2-1-3-6(7)5-16-9/h1-5H,(H,14,15). The second kappa shape index (κ2) is 4.20. The summed E-state index contributed by atoms with van der Waals surface area (Å²) >= 11 is 11.1. The van der Waals surface area contributed by atoms with Gasteiger partial charge < -0.3 is 9.52 Å². The summed E-state index contributed by atoms with van der Waals surface area (Å²) in [5.74, 6) is -1.05. The summed E-state index contributed by atoms with van der Waals surface area (Å²) < 4.78 is 4.87. The summed E-state index contributed by atoms with van der Waals surface area (Å²) in [6, 6.07) is 7.16. The van der Waals surface area contributed by atoms with Gasteiger partial charge in [0.05, 0.1) is 6.26 Å². The monoisotopic (exact) mass is 256 g/mol. The highest BCUT2D eigenvalue weighted by Crippen LogP contribution is 2.31. The Balaban J connectivity index is 2.72. The molecule has 1 aromatic heterocycles. The van der Waals surface area contributed by atoms with Crippen LogP contribution in [0.2, 0.25) is 0 Å². The molecule has 0 aliphatic heterocycles. The van der Waals surface area contributed by atoms with Gasteiger partial charge in [0.1, 0.15) is 10.1 Å². The fraction of sp³-hybridized carbons (Fsp3) is 0. The first-order chi connectivity index (χ1) is 7.61. The van der Waals surface area contributed by atoms with Crippen molar-refractivity contribution in [1.29, 1.82) is 0 Å². The van der Waals surface area contributed by atoms with Crippen LogP contribution in [-0.2, 0) is 4.79 Å². The van der Waals surface area contributed by atoms with Crippen molar-refractivity contribution in [1.82, 2.24) is 0 Å². The van der Waals surface area contributed by atoms with Crippen molar-refractivity contribution in [2.75, 3.05) is 0 Å². The number of carboxylic acids is 1. The number of carboxylic acid groups (broad SMARTS) is 1. The number of benzene rings is 1. The van der Waals surface area contributed by atoms with Gasteiger partial charge in [0.2, 0.25) is 0 Å². The fourth-order valence-corrected chi connectivity index (χ4v) is 1.78. The number of fused-ring (bicyclic) bond motifs is 1. The minimum atomic E-state index is -1.22. The zero-order valence-electron chi connectivity index (χ0n) is 7.91. The van der Waals surface area contributed by atoms with Gasteiger partial charge in [0.15, 0.2) is 5.76 Å². The number of hydrogen-bond acceptors (Lipinski definition) is 2. The highest BCUT2D eigenvalue weighted by Gasteiger charge is 2.20. The van der Waals surface area contributed by atoms with Crippen LogP contribution >= 0.6 is 23.2 Å². The number of rotatable bonds is 2. The van der Waals surface area contributed by atoms with Crippen molar-refractivity contribution in [3.05, 3.63) is 40.8 Å². The molecule has 0 saturated heterocycles. The molecule has 0 amide bonds. The summed E-state index contributed by atoms with van der Waals surface area (Å²) in [5, 5.41) is 10.5. The first-order valence-electron chi connectivity index (χ1n) is 4.36. The van der Waals surface area contributed by atoms with E-state index in [0.717, 1.165) is 5.39 Å². The first kappa shape index (κ1) is 11.0. The van der Waals surface area contributed by atoms with E-state index in [1.807, 2.05) is 12.1 Å². The molecule has 3 nitrogen and oxygen atoms in total. The van der Waals surface area contributed by atoms with E-state index in [1.54, 1.807) is 12.1 Å². The van der Waals surface area contributed by atoms with Gasteiger partial charge in [-0.3, -0.25) is 0 Å². The maximum atomic E-state index is 11.0. The number of aliphatic carboxylic acids is 1. The zero-order valence-corrected chi connectivity index (χ0v) is 9.42. The molecule has 0 fully saturated rings. The summed E-state index contributed by atoms with van der Waals surface area (Å²) in [7, 11) is 0. The molecule has 0 aliphatic carbocycles. The van der Waals surface area contributed by atoms with Crippen LogP contribution < -0.4 is 0 Å². The zero-order chi connectivity index (χ0) is 11.7. The van der Waals surface area contributed by atoms with E-state index in [1.165, 1.54) is 6.26 Å². The Morgan fingerprint density at radius 3 is 2.56 bits per heavy atom. The summed E-state index contributed by atoms with van der Waals surface area (Å²) in [5.41, 5.74) is -0.232. The SMILES string of the molecule is O=C(O)C(=C(Cl)Cl)c1occ2ccccc12. The Hall–Kier alpha value is -1.45. The number of carbonyl (C=O) groups is 1. The average molecular weight is 257 g/mol. The first-order valence-corrected chi connectivity index (χ1v) is 5.12. The van der Waals surface area contributed by atoms with E-state index in [2.05, 4.69) is 0 Å². The molecular weight excluding hydrogens is 251 g/mol. The maximum absolute atomic E-state index is 11.0. The molecule has 82 valence electrons. The van der Waals surface area contributed by atoms with Crippen molar-refractivity contribution in [3.63, 3.8) is 0 Å². The van der Waals surface area contributed by atoms with Crippen LogP contribution in [0.4, 0.5) is 0 Å². The Morgan fingerprint density at radius 1 is 1.25 bits per heavy atom. The number of halogens is 2. The Kier molecular flexibility index (Phi) is 2.90. The predicted octanol–water partition coefficient (Wildman–Crippen LogP) is 3.66. The molecule has 0 bridgehead atoms. The van der Waals surface area contributed by atoms with Crippen LogP contribution in [0.3, 0.4) is 0 Å². The van der Waals surface area contributed by atoms with Crippen LogP contribution in [0.1, 0.15) is 5.76 Å². The second-order valence-electron chi connectivity index (χ2n) is 3.09.